The molecule has 24 heavy (non-hydrogen) atoms. The van der Waals surface area contributed by atoms with Crippen LogP contribution in [0, 0.1) is 6.92 Å². The fourth-order valence-electron chi connectivity index (χ4n) is 3.13. The molecule has 2 N–H and O–H groups in total. The van der Waals surface area contributed by atoms with Gasteiger partial charge in [-0.05, 0) is 25.0 Å². The lowest BCUT2D eigenvalue weighted by atomic mass is 9.98. The normalized spacial score (nSPS) is 15.7. The fourth-order valence-corrected chi connectivity index (χ4v) is 3.13. The smallest absolute Gasteiger partial charge is 0.317 e. The minimum Gasteiger partial charge on any atom is -0.384 e. The predicted molar refractivity (Wildman–Crippen MR) is 95.1 cm³/mol. The van der Waals surface area contributed by atoms with E-state index in [1.54, 1.807) is 4.90 Å². The van der Waals surface area contributed by atoms with Crippen LogP contribution < -0.4 is 10.6 Å². The number of nitrogens with zero attached hydrogens (tertiary/aromatic N) is 3. The first-order valence-corrected chi connectivity index (χ1v) is 8.35. The van der Waals surface area contributed by atoms with E-state index in [4.69, 9.17) is 0 Å². The molecule has 0 spiro atoms. The second kappa shape index (κ2) is 6.95. The molecule has 3 rings (SSSR count). The summed E-state index contributed by atoms with van der Waals surface area (Å²) in [4.78, 5) is 14.0. The Morgan fingerprint density at radius 1 is 1.46 bits per heavy atom. The van der Waals surface area contributed by atoms with Crippen molar-refractivity contribution in [3.63, 3.8) is 0 Å². The van der Waals surface area contributed by atoms with E-state index in [-0.39, 0.29) is 6.03 Å². The summed E-state index contributed by atoms with van der Waals surface area (Å²) in [6.07, 6.45) is 2.76. The van der Waals surface area contributed by atoms with Gasteiger partial charge in [0, 0.05) is 50.0 Å². The fraction of sp³-hybridized carbons (Fsp3) is 0.444. The molecule has 2 heterocycles. The molecule has 0 fully saturated rings. The van der Waals surface area contributed by atoms with Crippen LogP contribution in [0.1, 0.15) is 29.2 Å². The molecule has 128 valence electrons. The molecule has 0 saturated heterocycles. The Balaban J connectivity index is 1.47. The van der Waals surface area contributed by atoms with Gasteiger partial charge in [-0.1, -0.05) is 18.2 Å². The molecule has 1 atom stereocenters. The number of fused-ring (bicyclic) bond motifs is 1. The van der Waals surface area contributed by atoms with Gasteiger partial charge in [0.05, 0.1) is 12.7 Å². The first-order chi connectivity index (χ1) is 11.6. The van der Waals surface area contributed by atoms with E-state index in [9.17, 15) is 4.79 Å². The van der Waals surface area contributed by atoms with E-state index in [1.807, 2.05) is 38.0 Å². The van der Waals surface area contributed by atoms with Gasteiger partial charge in [-0.25, -0.2) is 4.79 Å². The highest BCUT2D eigenvalue weighted by Crippen LogP contribution is 2.32. The van der Waals surface area contributed by atoms with Crippen molar-refractivity contribution < 1.29 is 4.79 Å². The third-order valence-corrected chi connectivity index (χ3v) is 4.80. The maximum absolute atomic E-state index is 12.3. The Labute approximate surface area is 142 Å². The van der Waals surface area contributed by atoms with Crippen molar-refractivity contribution in [3.05, 3.63) is 47.3 Å². The summed E-state index contributed by atoms with van der Waals surface area (Å²) < 4.78 is 1.83. The average Bonchev–Trinajstić information content (AvgIpc) is 3.13. The maximum atomic E-state index is 12.3. The summed E-state index contributed by atoms with van der Waals surface area (Å²) in [7, 11) is 3.72. The van der Waals surface area contributed by atoms with Crippen LogP contribution in [-0.2, 0) is 13.6 Å². The molecular formula is C18H25N5O. The van der Waals surface area contributed by atoms with Crippen molar-refractivity contribution in [1.82, 2.24) is 20.0 Å². The number of benzene rings is 1. The molecule has 2 aromatic rings. The summed E-state index contributed by atoms with van der Waals surface area (Å²) >= 11 is 0. The Kier molecular flexibility index (Phi) is 4.74. The van der Waals surface area contributed by atoms with Crippen molar-refractivity contribution in [2.24, 2.45) is 7.05 Å². The Morgan fingerprint density at radius 3 is 3.00 bits per heavy atom. The van der Waals surface area contributed by atoms with Gasteiger partial charge in [0.1, 0.15) is 0 Å². The monoisotopic (exact) mass is 327 g/mol. The number of para-hydroxylation sites is 1. The molecule has 0 saturated carbocycles. The quantitative estimate of drug-likeness (QED) is 0.887. The zero-order chi connectivity index (χ0) is 17.1. The highest BCUT2D eigenvalue weighted by Gasteiger charge is 2.21. The van der Waals surface area contributed by atoms with Crippen molar-refractivity contribution in [1.29, 1.82) is 0 Å². The molecule has 1 aliphatic heterocycles. The zero-order valence-electron chi connectivity index (χ0n) is 14.5. The first-order valence-electron chi connectivity index (χ1n) is 8.35. The Morgan fingerprint density at radius 2 is 2.25 bits per heavy atom. The summed E-state index contributed by atoms with van der Waals surface area (Å²) in [6, 6.07) is 8.35. The second-order valence-corrected chi connectivity index (χ2v) is 6.42. The highest BCUT2D eigenvalue weighted by atomic mass is 16.2. The number of rotatable bonds is 5. The van der Waals surface area contributed by atoms with Crippen molar-refractivity contribution >= 4 is 11.7 Å². The van der Waals surface area contributed by atoms with E-state index in [2.05, 4.69) is 33.9 Å². The number of hydrogen-bond donors (Lipinski definition) is 2. The standard InChI is InChI=1S/C18H25N5O/c1-13-15(11-21-23(13)3)12-22(2)18(24)19-9-8-14-10-20-17-7-5-4-6-16(14)17/h4-7,11,14,20H,8-10,12H2,1-3H3,(H,19,24). The lowest BCUT2D eigenvalue weighted by molar-refractivity contribution is 0.206. The lowest BCUT2D eigenvalue weighted by Gasteiger charge is -2.18. The number of carbonyl (C=O) groups is 1. The van der Waals surface area contributed by atoms with Crippen molar-refractivity contribution in [2.45, 2.75) is 25.8 Å². The van der Waals surface area contributed by atoms with Crippen LogP contribution in [-0.4, -0.2) is 40.8 Å². The van der Waals surface area contributed by atoms with Gasteiger partial charge in [0.2, 0.25) is 0 Å². The molecule has 2 amide bonds. The van der Waals surface area contributed by atoms with Crippen LogP contribution in [0.15, 0.2) is 30.5 Å². The van der Waals surface area contributed by atoms with Crippen LogP contribution in [0.3, 0.4) is 0 Å². The van der Waals surface area contributed by atoms with Crippen LogP contribution >= 0.6 is 0 Å². The number of aryl methyl sites for hydroxylation is 1. The van der Waals surface area contributed by atoms with Gasteiger partial charge in [0.15, 0.2) is 0 Å². The molecule has 1 aromatic carbocycles. The summed E-state index contributed by atoms with van der Waals surface area (Å²) in [5.41, 5.74) is 4.73. The first kappa shape index (κ1) is 16.4. The largest absolute Gasteiger partial charge is 0.384 e. The molecule has 1 aliphatic rings. The van der Waals surface area contributed by atoms with Gasteiger partial charge in [-0.3, -0.25) is 4.68 Å². The van der Waals surface area contributed by atoms with Crippen molar-refractivity contribution in [3.8, 4) is 0 Å². The van der Waals surface area contributed by atoms with Crippen LogP contribution in [0.4, 0.5) is 10.5 Å². The minimum absolute atomic E-state index is 0.0440. The third kappa shape index (κ3) is 3.37. The topological polar surface area (TPSA) is 62.2 Å². The van der Waals surface area contributed by atoms with E-state index in [1.165, 1.54) is 11.3 Å². The van der Waals surface area contributed by atoms with Gasteiger partial charge < -0.3 is 15.5 Å². The molecule has 1 aromatic heterocycles. The molecule has 0 aliphatic carbocycles. The second-order valence-electron chi connectivity index (χ2n) is 6.42. The molecule has 0 bridgehead atoms. The minimum atomic E-state index is -0.0440. The lowest BCUT2D eigenvalue weighted by Crippen LogP contribution is -2.37. The Hall–Kier alpha value is -2.50. The number of hydrogen-bond acceptors (Lipinski definition) is 3. The third-order valence-electron chi connectivity index (χ3n) is 4.80. The summed E-state index contributed by atoms with van der Waals surface area (Å²) in [5.74, 6) is 0.465. The highest BCUT2D eigenvalue weighted by molar-refractivity contribution is 5.73. The van der Waals surface area contributed by atoms with Gasteiger partial charge in [-0.2, -0.15) is 5.10 Å². The number of carbonyl (C=O) groups excluding carboxylic acids is 1. The molecule has 1 unspecified atom stereocenters. The SMILES string of the molecule is Cc1c(CN(C)C(=O)NCCC2CNc3ccccc32)cnn1C. The van der Waals surface area contributed by atoms with Crippen LogP contribution in [0.25, 0.3) is 0 Å². The van der Waals surface area contributed by atoms with E-state index >= 15 is 0 Å². The van der Waals surface area contributed by atoms with Crippen LogP contribution in [0.2, 0.25) is 0 Å². The average molecular weight is 327 g/mol. The maximum Gasteiger partial charge on any atom is 0.317 e. The number of urea groups is 1. The molecular weight excluding hydrogens is 302 g/mol. The molecule has 0 radical (unpaired) electrons. The van der Waals surface area contributed by atoms with Gasteiger partial charge in [0.25, 0.3) is 0 Å². The number of nitrogens with one attached hydrogen (secondary N) is 2. The molecule has 6 heteroatoms. The van der Waals surface area contributed by atoms with Crippen LogP contribution in [0.5, 0.6) is 0 Å². The number of amides is 2. The van der Waals surface area contributed by atoms with E-state index in [0.29, 0.717) is 19.0 Å². The summed E-state index contributed by atoms with van der Waals surface area (Å²) in [5, 5.41) is 10.7. The van der Waals surface area contributed by atoms with Gasteiger partial charge in [-0.15, -0.1) is 0 Å². The predicted octanol–water partition coefficient (Wildman–Crippen LogP) is 2.47. The Bertz CT molecular complexity index is 724. The van der Waals surface area contributed by atoms with E-state index < -0.39 is 0 Å². The number of aromatic nitrogens is 2. The van der Waals surface area contributed by atoms with Crippen molar-refractivity contribution in [2.75, 3.05) is 25.5 Å². The van der Waals surface area contributed by atoms with Gasteiger partial charge >= 0.3 is 6.03 Å². The zero-order valence-corrected chi connectivity index (χ0v) is 14.5. The molecule has 6 nitrogen and oxygen atoms in total. The summed E-state index contributed by atoms with van der Waals surface area (Å²) in [6.45, 7) is 4.20. The van der Waals surface area contributed by atoms with E-state index in [0.717, 1.165) is 24.2 Å². The number of anilines is 1.